The van der Waals surface area contributed by atoms with Gasteiger partial charge in [0.2, 0.25) is 0 Å². The van der Waals surface area contributed by atoms with Gasteiger partial charge in [-0.15, -0.1) is 4.73 Å². The van der Waals surface area contributed by atoms with Crippen LogP contribution in [0.25, 0.3) is 11.0 Å². The van der Waals surface area contributed by atoms with E-state index in [1.807, 2.05) is 49.4 Å². The Morgan fingerprint density at radius 3 is 2.53 bits per heavy atom. The second-order valence-electron chi connectivity index (χ2n) is 7.65. The zero-order valence-corrected chi connectivity index (χ0v) is 19.2. The van der Waals surface area contributed by atoms with Crippen molar-refractivity contribution in [3.05, 3.63) is 93.4 Å². The number of nitrogens with zero attached hydrogens (tertiary/aromatic N) is 4. The van der Waals surface area contributed by atoms with Gasteiger partial charge in [-0.1, -0.05) is 36.4 Å². The van der Waals surface area contributed by atoms with Crippen molar-refractivity contribution in [1.82, 2.24) is 19.7 Å². The maximum atomic E-state index is 13.5. The number of nitrogens with one attached hydrogen (secondary N) is 1. The molecule has 0 aliphatic rings. The molecule has 0 unspecified atom stereocenters. The number of aryl methyl sites for hydroxylation is 2. The van der Waals surface area contributed by atoms with E-state index in [1.165, 1.54) is 6.33 Å². The lowest BCUT2D eigenvalue weighted by atomic mass is 10.1. The monoisotopic (exact) mass is 459 g/mol. The van der Waals surface area contributed by atoms with Gasteiger partial charge >= 0.3 is 11.5 Å². The van der Waals surface area contributed by atoms with Gasteiger partial charge < -0.3 is 14.9 Å². The number of hydrogen-bond donors (Lipinski definition) is 1. The summed E-state index contributed by atoms with van der Waals surface area (Å²) in [6, 6.07) is 13.2. The average Bonchev–Trinajstić information content (AvgIpc) is 2.84. The summed E-state index contributed by atoms with van der Waals surface area (Å²) in [7, 11) is 0. The quantitative estimate of drug-likeness (QED) is 0.400. The summed E-state index contributed by atoms with van der Waals surface area (Å²) < 4.78 is 6.27. The first-order valence-electron chi connectivity index (χ1n) is 10.9. The molecule has 0 fully saturated rings. The number of benzene rings is 1. The third-order valence-corrected chi connectivity index (χ3v) is 5.23. The summed E-state index contributed by atoms with van der Waals surface area (Å²) >= 11 is 0. The molecule has 0 aliphatic heterocycles. The van der Waals surface area contributed by atoms with E-state index in [-0.39, 0.29) is 24.4 Å². The number of anilines is 1. The lowest BCUT2D eigenvalue weighted by molar-refractivity contribution is 0.0513. The van der Waals surface area contributed by atoms with Crippen LogP contribution in [-0.2, 0) is 17.9 Å². The predicted molar refractivity (Wildman–Crippen MR) is 128 cm³/mol. The second kappa shape index (κ2) is 10.1. The number of hydrogen-bond acceptors (Lipinski definition) is 8. The smallest absolute Gasteiger partial charge is 0.346 e. The van der Waals surface area contributed by atoms with Crippen LogP contribution in [0.1, 0.15) is 39.8 Å². The van der Waals surface area contributed by atoms with Gasteiger partial charge in [0.05, 0.1) is 23.4 Å². The minimum absolute atomic E-state index is 0.114. The maximum absolute atomic E-state index is 13.5. The molecule has 0 spiro atoms. The molecule has 0 aliphatic carbocycles. The Kier molecular flexibility index (Phi) is 6.82. The topological polar surface area (TPSA) is 108 Å². The third kappa shape index (κ3) is 4.73. The van der Waals surface area contributed by atoms with E-state index in [0.717, 1.165) is 21.6 Å². The Balaban J connectivity index is 1.85. The van der Waals surface area contributed by atoms with E-state index in [0.29, 0.717) is 23.3 Å². The first-order valence-corrected chi connectivity index (χ1v) is 10.9. The number of ether oxygens (including phenoxy) is 1. The van der Waals surface area contributed by atoms with Crippen molar-refractivity contribution < 1.29 is 14.4 Å². The largest absolute Gasteiger partial charge is 0.462 e. The van der Waals surface area contributed by atoms with Crippen LogP contribution in [0.15, 0.2) is 59.8 Å². The van der Waals surface area contributed by atoms with Gasteiger partial charge in [0, 0.05) is 18.4 Å². The van der Waals surface area contributed by atoms with Crippen molar-refractivity contribution in [2.75, 3.05) is 11.9 Å². The van der Waals surface area contributed by atoms with Crippen LogP contribution in [0.2, 0.25) is 0 Å². The van der Waals surface area contributed by atoms with E-state index >= 15 is 0 Å². The van der Waals surface area contributed by atoms with Crippen LogP contribution in [-0.4, -0.2) is 32.3 Å². The number of rotatable bonds is 8. The van der Waals surface area contributed by atoms with E-state index in [2.05, 4.69) is 20.3 Å². The Bertz CT molecular complexity index is 1370. The summed E-state index contributed by atoms with van der Waals surface area (Å²) in [5.74, 6) is -0.751. The summed E-state index contributed by atoms with van der Waals surface area (Å²) in [6.07, 6.45) is 3.10. The molecule has 0 bridgehead atoms. The lowest BCUT2D eigenvalue weighted by Gasteiger charge is -2.18. The van der Waals surface area contributed by atoms with E-state index < -0.39 is 11.5 Å². The summed E-state index contributed by atoms with van der Waals surface area (Å²) in [5, 5.41) is 3.72. The van der Waals surface area contributed by atoms with Crippen LogP contribution in [0.5, 0.6) is 0 Å². The van der Waals surface area contributed by atoms with Gasteiger partial charge in [-0.3, -0.25) is 9.78 Å². The zero-order valence-electron chi connectivity index (χ0n) is 19.2. The fourth-order valence-corrected chi connectivity index (χ4v) is 3.53. The molecule has 4 rings (SSSR count). The third-order valence-electron chi connectivity index (χ3n) is 5.23. The number of carbonyl (C=O) groups excluding carboxylic acids is 1. The van der Waals surface area contributed by atoms with Crippen LogP contribution in [0.3, 0.4) is 0 Å². The van der Waals surface area contributed by atoms with Crippen molar-refractivity contribution >= 4 is 22.7 Å². The number of esters is 1. The average molecular weight is 460 g/mol. The van der Waals surface area contributed by atoms with Crippen LogP contribution in [0, 0.1) is 13.8 Å². The SMILES string of the molecule is CCOC(=O)c1c(NCc2ccc(C)nc2)c2c(C)ncnc2n(OCc2ccccc2)c1=O. The molecule has 3 heterocycles. The fraction of sp³-hybridized carbons (Fsp3) is 0.240. The molecule has 0 saturated heterocycles. The predicted octanol–water partition coefficient (Wildman–Crippen LogP) is 3.22. The van der Waals surface area contributed by atoms with Gasteiger partial charge in [0.25, 0.3) is 0 Å². The first-order chi connectivity index (χ1) is 16.5. The number of aromatic nitrogens is 4. The van der Waals surface area contributed by atoms with Crippen molar-refractivity contribution in [2.45, 2.75) is 33.9 Å². The standard InChI is InChI=1S/C25H25N5O4/c1-4-33-25(32)21-22(27-13-19-11-10-16(2)26-12-19)20-17(3)28-15-29-23(20)30(24(21)31)34-14-18-8-6-5-7-9-18/h5-12,15,27H,4,13-14H2,1-3H3. The van der Waals surface area contributed by atoms with E-state index in [1.54, 1.807) is 20.0 Å². The molecular formula is C25H25N5O4. The van der Waals surface area contributed by atoms with Crippen molar-refractivity contribution in [2.24, 2.45) is 0 Å². The zero-order chi connectivity index (χ0) is 24.1. The summed E-state index contributed by atoms with van der Waals surface area (Å²) in [6.45, 7) is 5.93. The highest BCUT2D eigenvalue weighted by atomic mass is 16.7. The second-order valence-corrected chi connectivity index (χ2v) is 7.65. The van der Waals surface area contributed by atoms with E-state index in [9.17, 15) is 9.59 Å². The molecule has 9 nitrogen and oxygen atoms in total. The highest BCUT2D eigenvalue weighted by Crippen LogP contribution is 2.27. The van der Waals surface area contributed by atoms with Gasteiger partial charge in [-0.05, 0) is 38.0 Å². The Labute approximate surface area is 196 Å². The molecule has 0 saturated carbocycles. The Morgan fingerprint density at radius 2 is 1.82 bits per heavy atom. The Hall–Kier alpha value is -4.27. The number of pyridine rings is 2. The van der Waals surface area contributed by atoms with Gasteiger partial charge in [0.1, 0.15) is 12.9 Å². The van der Waals surface area contributed by atoms with Gasteiger partial charge in [-0.25, -0.2) is 14.8 Å². The number of fused-ring (bicyclic) bond motifs is 1. The van der Waals surface area contributed by atoms with Gasteiger partial charge in [0.15, 0.2) is 11.2 Å². The van der Waals surface area contributed by atoms with E-state index in [4.69, 9.17) is 9.57 Å². The maximum Gasteiger partial charge on any atom is 0.346 e. The first kappa shape index (κ1) is 22.9. The molecule has 3 aromatic heterocycles. The van der Waals surface area contributed by atoms with Crippen LogP contribution >= 0.6 is 0 Å². The highest BCUT2D eigenvalue weighted by molar-refractivity contribution is 6.04. The summed E-state index contributed by atoms with van der Waals surface area (Å²) in [5.41, 5.74) is 2.95. The minimum atomic E-state index is -0.751. The molecule has 174 valence electrons. The molecule has 4 aromatic rings. The van der Waals surface area contributed by atoms with Crippen molar-refractivity contribution in [3.8, 4) is 0 Å². The highest BCUT2D eigenvalue weighted by Gasteiger charge is 2.26. The molecule has 34 heavy (non-hydrogen) atoms. The molecule has 0 amide bonds. The van der Waals surface area contributed by atoms with Crippen molar-refractivity contribution in [1.29, 1.82) is 0 Å². The van der Waals surface area contributed by atoms with Crippen molar-refractivity contribution in [3.63, 3.8) is 0 Å². The normalized spacial score (nSPS) is 10.8. The molecule has 9 heteroatoms. The Morgan fingerprint density at radius 1 is 1.03 bits per heavy atom. The lowest BCUT2D eigenvalue weighted by Crippen LogP contribution is -2.34. The molecule has 0 atom stereocenters. The summed E-state index contributed by atoms with van der Waals surface area (Å²) in [4.78, 5) is 45.2. The number of carbonyl (C=O) groups is 1. The molecule has 1 aromatic carbocycles. The molecule has 0 radical (unpaired) electrons. The minimum Gasteiger partial charge on any atom is -0.462 e. The fourth-order valence-electron chi connectivity index (χ4n) is 3.53. The molecule has 1 N–H and O–H groups in total. The van der Waals surface area contributed by atoms with Gasteiger partial charge in [-0.2, -0.15) is 0 Å². The molecular weight excluding hydrogens is 434 g/mol. The van der Waals surface area contributed by atoms with Crippen LogP contribution < -0.4 is 15.7 Å². The van der Waals surface area contributed by atoms with Crippen LogP contribution in [0.4, 0.5) is 5.69 Å².